The van der Waals surface area contributed by atoms with Crippen LogP contribution in [-0.2, 0) is 20.9 Å². The number of rotatable bonds is 4. The zero-order valence-electron chi connectivity index (χ0n) is 13.6. The summed E-state index contributed by atoms with van der Waals surface area (Å²) in [5.74, 6) is -2.00. The fourth-order valence-electron chi connectivity index (χ4n) is 2.60. The van der Waals surface area contributed by atoms with Crippen LogP contribution < -0.4 is 16.3 Å². The molecule has 2 aromatic rings. The summed E-state index contributed by atoms with van der Waals surface area (Å²) in [4.78, 5) is 28.3. The zero-order valence-corrected chi connectivity index (χ0v) is 13.6. The number of anilines is 1. The third-order valence-electron chi connectivity index (χ3n) is 3.66. The first-order chi connectivity index (χ1) is 12.6. The van der Waals surface area contributed by atoms with Crippen LogP contribution in [0.3, 0.4) is 0 Å². The third kappa shape index (κ3) is 3.52. The molecule has 13 heteroatoms. The van der Waals surface area contributed by atoms with E-state index in [1.807, 2.05) is 0 Å². The number of oxazole rings is 1. The molecule has 1 aromatic heterocycles. The molecule has 0 bridgehead atoms. The van der Waals surface area contributed by atoms with Gasteiger partial charge in [-0.25, -0.2) is 9.18 Å². The molecule has 3 rings (SSSR count). The summed E-state index contributed by atoms with van der Waals surface area (Å²) in [6, 6.07) is 1.93. The number of nitrogens with zero attached hydrogens (tertiary/aromatic N) is 3. The van der Waals surface area contributed by atoms with E-state index in [1.54, 1.807) is 0 Å². The number of aromatic nitrogens is 1. The van der Waals surface area contributed by atoms with Gasteiger partial charge in [0.25, 0.3) is 5.91 Å². The van der Waals surface area contributed by atoms with E-state index in [4.69, 9.17) is 14.9 Å². The molecule has 0 saturated carbocycles. The predicted octanol–water partition coefficient (Wildman–Crippen LogP) is 1.21. The number of hydrogen-bond acceptors (Lipinski definition) is 6. The number of halogens is 4. The number of benzene rings is 1. The highest BCUT2D eigenvalue weighted by Crippen LogP contribution is 2.29. The van der Waals surface area contributed by atoms with Gasteiger partial charge in [0.2, 0.25) is 0 Å². The van der Waals surface area contributed by atoms with Gasteiger partial charge < -0.3 is 19.7 Å². The summed E-state index contributed by atoms with van der Waals surface area (Å²) >= 11 is 0. The number of primary amides is 1. The lowest BCUT2D eigenvalue weighted by Crippen LogP contribution is -2.32. The minimum Gasteiger partial charge on any atom is -0.434 e. The van der Waals surface area contributed by atoms with E-state index in [2.05, 4.69) is 9.99 Å². The molecule has 0 radical (unpaired) electrons. The molecule has 146 valence electrons. The lowest BCUT2D eigenvalue weighted by Gasteiger charge is -2.13. The smallest absolute Gasteiger partial charge is 0.415 e. The standard InChI is InChI=1S/C14H12F4N4O5/c1-25-20-12-22(5-14(16,17)18)10-7(15)2-6(3-8(10)26-12)21-4-9(11(19)23)27-13(21)24/h2-3,9H,4-5H2,1H3,(H2,19,23)/b20-12+/t9-/m1/s1. The van der Waals surface area contributed by atoms with Crippen molar-refractivity contribution in [2.75, 3.05) is 18.6 Å². The predicted molar refractivity (Wildman–Crippen MR) is 79.6 cm³/mol. The Labute approximate surface area is 147 Å². The Kier molecular flexibility index (Phi) is 4.45. The molecule has 0 unspecified atom stereocenters. The molecule has 27 heavy (non-hydrogen) atoms. The van der Waals surface area contributed by atoms with Crippen molar-refractivity contribution in [3.8, 4) is 0 Å². The van der Waals surface area contributed by atoms with Gasteiger partial charge in [0.05, 0.1) is 12.2 Å². The first kappa shape index (κ1) is 18.5. The van der Waals surface area contributed by atoms with Crippen molar-refractivity contribution in [2.24, 2.45) is 10.9 Å². The summed E-state index contributed by atoms with van der Waals surface area (Å²) in [6.45, 7) is -1.86. The second-order valence-corrected chi connectivity index (χ2v) is 5.52. The molecule has 9 nitrogen and oxygen atoms in total. The van der Waals surface area contributed by atoms with Crippen molar-refractivity contribution in [1.29, 1.82) is 0 Å². The molecule has 0 spiro atoms. The number of carbonyl (C=O) groups excluding carboxylic acids is 2. The van der Waals surface area contributed by atoms with E-state index in [-0.39, 0.29) is 17.8 Å². The summed E-state index contributed by atoms with van der Waals surface area (Å²) in [6.07, 6.45) is -6.88. The van der Waals surface area contributed by atoms with E-state index in [1.165, 1.54) is 0 Å². The van der Waals surface area contributed by atoms with E-state index < -0.39 is 47.8 Å². The first-order valence-corrected chi connectivity index (χ1v) is 7.35. The molecule has 1 aliphatic rings. The summed E-state index contributed by atoms with van der Waals surface area (Å²) in [5, 5.41) is 3.31. The molecule has 1 saturated heterocycles. The minimum atomic E-state index is -4.68. The SMILES string of the molecule is CO/N=c1/oc2cc(N3C[C@H](C(N)=O)OC3=O)cc(F)c2n1CC(F)(F)F. The summed E-state index contributed by atoms with van der Waals surface area (Å²) in [5.41, 5.74) is 3.51. The van der Waals surface area contributed by atoms with Crippen molar-refractivity contribution >= 4 is 28.8 Å². The average molecular weight is 392 g/mol. The number of ether oxygens (including phenoxy) is 1. The fourth-order valence-corrected chi connectivity index (χ4v) is 2.60. The van der Waals surface area contributed by atoms with Gasteiger partial charge in [0, 0.05) is 12.1 Å². The lowest BCUT2D eigenvalue weighted by atomic mass is 10.2. The number of amides is 2. The molecule has 2 N–H and O–H groups in total. The van der Waals surface area contributed by atoms with Gasteiger partial charge in [-0.2, -0.15) is 13.2 Å². The van der Waals surface area contributed by atoms with Gasteiger partial charge in [-0.15, -0.1) is 0 Å². The van der Waals surface area contributed by atoms with Crippen LogP contribution >= 0.6 is 0 Å². The Hall–Kier alpha value is -3.25. The molecule has 1 aliphatic heterocycles. The Morgan fingerprint density at radius 3 is 2.70 bits per heavy atom. The van der Waals surface area contributed by atoms with Crippen LogP contribution in [0.2, 0.25) is 0 Å². The Morgan fingerprint density at radius 2 is 2.15 bits per heavy atom. The van der Waals surface area contributed by atoms with Crippen LogP contribution in [0.15, 0.2) is 21.7 Å². The highest BCUT2D eigenvalue weighted by molar-refractivity contribution is 5.96. The molecule has 2 amide bonds. The number of fused-ring (bicyclic) bond motifs is 1. The van der Waals surface area contributed by atoms with Crippen LogP contribution in [-0.4, -0.2) is 42.5 Å². The van der Waals surface area contributed by atoms with Crippen molar-refractivity contribution in [2.45, 2.75) is 18.8 Å². The zero-order chi connectivity index (χ0) is 19.9. The van der Waals surface area contributed by atoms with Crippen molar-refractivity contribution in [3.63, 3.8) is 0 Å². The Morgan fingerprint density at radius 1 is 1.44 bits per heavy atom. The second-order valence-electron chi connectivity index (χ2n) is 5.52. The number of hydrogen-bond donors (Lipinski definition) is 1. The molecule has 1 aromatic carbocycles. The van der Waals surface area contributed by atoms with E-state index in [0.717, 1.165) is 24.1 Å². The number of carbonyl (C=O) groups is 2. The fraction of sp³-hybridized carbons (Fsp3) is 0.357. The molecule has 2 heterocycles. The van der Waals surface area contributed by atoms with Crippen LogP contribution in [0.5, 0.6) is 0 Å². The van der Waals surface area contributed by atoms with Gasteiger partial charge >= 0.3 is 18.0 Å². The van der Waals surface area contributed by atoms with Gasteiger partial charge in [-0.05, 0) is 5.16 Å². The maximum atomic E-state index is 14.6. The Bertz CT molecular complexity index is 980. The molecule has 0 aliphatic carbocycles. The van der Waals surface area contributed by atoms with Crippen molar-refractivity contribution < 1.29 is 41.1 Å². The first-order valence-electron chi connectivity index (χ1n) is 7.35. The van der Waals surface area contributed by atoms with Crippen molar-refractivity contribution in [1.82, 2.24) is 4.57 Å². The number of nitrogens with two attached hydrogens (primary N) is 1. The van der Waals surface area contributed by atoms with Gasteiger partial charge in [-0.3, -0.25) is 14.3 Å². The van der Waals surface area contributed by atoms with Crippen LogP contribution in [0.25, 0.3) is 11.1 Å². The summed E-state index contributed by atoms with van der Waals surface area (Å²) in [7, 11) is 1.08. The van der Waals surface area contributed by atoms with E-state index >= 15 is 0 Å². The monoisotopic (exact) mass is 392 g/mol. The average Bonchev–Trinajstić information content (AvgIpc) is 3.08. The Balaban J connectivity index is 2.12. The van der Waals surface area contributed by atoms with Crippen LogP contribution in [0, 0.1) is 5.82 Å². The maximum absolute atomic E-state index is 14.6. The number of cyclic esters (lactones) is 1. The largest absolute Gasteiger partial charge is 0.434 e. The van der Waals surface area contributed by atoms with Crippen molar-refractivity contribution in [3.05, 3.63) is 23.6 Å². The summed E-state index contributed by atoms with van der Waals surface area (Å²) < 4.78 is 63.3. The molecular formula is C14H12F4N4O5. The van der Waals surface area contributed by atoms with E-state index in [0.29, 0.717) is 4.57 Å². The molecule has 1 fully saturated rings. The highest BCUT2D eigenvalue weighted by Gasteiger charge is 2.37. The van der Waals surface area contributed by atoms with Crippen LogP contribution in [0.4, 0.5) is 28.0 Å². The lowest BCUT2D eigenvalue weighted by molar-refractivity contribution is -0.141. The quantitative estimate of drug-likeness (QED) is 0.621. The van der Waals surface area contributed by atoms with Crippen LogP contribution in [0.1, 0.15) is 0 Å². The normalized spacial score (nSPS) is 18.3. The number of alkyl halides is 3. The molecular weight excluding hydrogens is 380 g/mol. The minimum absolute atomic E-state index is 0.0920. The molecule has 1 atom stereocenters. The second kappa shape index (κ2) is 6.48. The van der Waals surface area contributed by atoms with Gasteiger partial charge in [-0.1, -0.05) is 0 Å². The van der Waals surface area contributed by atoms with E-state index in [9.17, 15) is 27.2 Å². The van der Waals surface area contributed by atoms with Gasteiger partial charge in [0.15, 0.2) is 17.5 Å². The highest BCUT2D eigenvalue weighted by atomic mass is 19.4. The maximum Gasteiger partial charge on any atom is 0.415 e. The van der Waals surface area contributed by atoms with Gasteiger partial charge in [0.1, 0.15) is 19.2 Å². The topological polar surface area (TPSA) is 112 Å². The third-order valence-corrected chi connectivity index (χ3v) is 3.66.